The van der Waals surface area contributed by atoms with Gasteiger partial charge in [0.15, 0.2) is 0 Å². The molecule has 0 fully saturated rings. The van der Waals surface area contributed by atoms with E-state index in [1.54, 1.807) is 7.11 Å². The van der Waals surface area contributed by atoms with E-state index < -0.39 is 0 Å². The smallest absolute Gasteiger partial charge is 0.246 e. The second-order valence-electron chi connectivity index (χ2n) is 4.62. The summed E-state index contributed by atoms with van der Waals surface area (Å²) in [5.74, 6) is 1.59. The summed E-state index contributed by atoms with van der Waals surface area (Å²) in [7, 11) is 1.60. The number of carbonyl (C=O) groups is 1. The molecule has 0 aliphatic rings. The lowest BCUT2D eigenvalue weighted by Gasteiger charge is -2.00. The van der Waals surface area contributed by atoms with E-state index in [0.29, 0.717) is 18.1 Å². The third-order valence-corrected chi connectivity index (χ3v) is 2.99. The van der Waals surface area contributed by atoms with Gasteiger partial charge in [-0.2, -0.15) is 4.98 Å². The van der Waals surface area contributed by atoms with Gasteiger partial charge >= 0.3 is 0 Å². The van der Waals surface area contributed by atoms with Crippen LogP contribution in [0.1, 0.15) is 32.1 Å². The Balaban J connectivity index is 1.96. The van der Waals surface area contributed by atoms with Gasteiger partial charge in [-0.05, 0) is 18.6 Å². The number of benzene rings is 1. The molecule has 0 saturated carbocycles. The van der Waals surface area contributed by atoms with E-state index in [1.165, 1.54) is 0 Å². The summed E-state index contributed by atoms with van der Waals surface area (Å²) in [6.07, 6.45) is 2.39. The average Bonchev–Trinajstić information content (AvgIpc) is 3.00. The summed E-state index contributed by atoms with van der Waals surface area (Å²) < 4.78 is 10.3. The Bertz CT molecular complexity index is 595. The molecule has 2 aromatic rings. The zero-order valence-corrected chi connectivity index (χ0v) is 12.3. The van der Waals surface area contributed by atoms with Crippen LogP contribution < -0.4 is 10.1 Å². The molecular weight excluding hydrogens is 270 g/mol. The molecule has 21 heavy (non-hydrogen) atoms. The van der Waals surface area contributed by atoms with Crippen LogP contribution in [0.3, 0.4) is 0 Å². The van der Waals surface area contributed by atoms with Crippen molar-refractivity contribution in [2.45, 2.75) is 32.7 Å². The Morgan fingerprint density at radius 1 is 1.43 bits per heavy atom. The predicted molar refractivity (Wildman–Crippen MR) is 77.7 cm³/mol. The maximum absolute atomic E-state index is 11.5. The highest BCUT2D eigenvalue weighted by Crippen LogP contribution is 2.21. The van der Waals surface area contributed by atoms with Crippen LogP contribution in [0, 0.1) is 0 Å². The first-order valence-corrected chi connectivity index (χ1v) is 6.96. The molecule has 0 aliphatic carbocycles. The number of rotatable bonds is 7. The summed E-state index contributed by atoms with van der Waals surface area (Å²) in [4.78, 5) is 15.8. The zero-order valence-electron chi connectivity index (χ0n) is 12.3. The lowest BCUT2D eigenvalue weighted by molar-refractivity contribution is -0.121. The summed E-state index contributed by atoms with van der Waals surface area (Å²) in [5, 5.41) is 6.67. The topological polar surface area (TPSA) is 77.2 Å². The maximum atomic E-state index is 11.5. The van der Waals surface area contributed by atoms with Crippen molar-refractivity contribution in [3.05, 3.63) is 30.2 Å². The van der Waals surface area contributed by atoms with Gasteiger partial charge in [0.05, 0.1) is 13.7 Å². The fourth-order valence-corrected chi connectivity index (χ4v) is 1.81. The second kappa shape index (κ2) is 7.42. The number of nitrogens with zero attached hydrogens (tertiary/aromatic N) is 2. The van der Waals surface area contributed by atoms with Gasteiger partial charge in [0.1, 0.15) is 5.75 Å². The van der Waals surface area contributed by atoms with Crippen molar-refractivity contribution in [1.82, 2.24) is 15.5 Å². The Morgan fingerprint density at radius 2 is 2.29 bits per heavy atom. The molecule has 0 atom stereocenters. The number of ether oxygens (including phenoxy) is 1. The Labute approximate surface area is 123 Å². The highest BCUT2D eigenvalue weighted by molar-refractivity contribution is 5.75. The molecule has 0 unspecified atom stereocenters. The van der Waals surface area contributed by atoms with Crippen LogP contribution in [0.25, 0.3) is 11.4 Å². The summed E-state index contributed by atoms with van der Waals surface area (Å²) >= 11 is 0. The van der Waals surface area contributed by atoms with Gasteiger partial charge in [0.25, 0.3) is 0 Å². The van der Waals surface area contributed by atoms with Gasteiger partial charge in [-0.3, -0.25) is 4.79 Å². The van der Waals surface area contributed by atoms with Crippen molar-refractivity contribution in [3.63, 3.8) is 0 Å². The van der Waals surface area contributed by atoms with Gasteiger partial charge in [0, 0.05) is 12.0 Å². The van der Waals surface area contributed by atoms with E-state index >= 15 is 0 Å². The number of aromatic nitrogens is 2. The summed E-state index contributed by atoms with van der Waals surface area (Å²) in [6, 6.07) is 7.40. The Hall–Kier alpha value is -2.37. The van der Waals surface area contributed by atoms with Crippen LogP contribution >= 0.6 is 0 Å². The normalized spacial score (nSPS) is 10.4. The van der Waals surface area contributed by atoms with Crippen molar-refractivity contribution in [1.29, 1.82) is 0 Å². The number of unbranched alkanes of at least 4 members (excludes halogenated alkanes) is 1. The monoisotopic (exact) mass is 289 g/mol. The molecule has 0 saturated heterocycles. The average molecular weight is 289 g/mol. The molecule has 6 nitrogen and oxygen atoms in total. The molecule has 1 N–H and O–H groups in total. The van der Waals surface area contributed by atoms with Crippen molar-refractivity contribution < 1.29 is 14.1 Å². The molecular formula is C15H19N3O3. The minimum absolute atomic E-state index is 0.00187. The van der Waals surface area contributed by atoms with E-state index in [9.17, 15) is 4.79 Å². The molecule has 1 amide bonds. The minimum Gasteiger partial charge on any atom is -0.497 e. The fourth-order valence-electron chi connectivity index (χ4n) is 1.81. The van der Waals surface area contributed by atoms with Crippen molar-refractivity contribution >= 4 is 5.91 Å². The lowest BCUT2D eigenvalue weighted by Crippen LogP contribution is -2.22. The van der Waals surface area contributed by atoms with Crippen LogP contribution in [0.4, 0.5) is 0 Å². The first-order chi connectivity index (χ1) is 10.2. The number of hydrogen-bond acceptors (Lipinski definition) is 5. The number of carbonyl (C=O) groups excluding carboxylic acids is 1. The fraction of sp³-hybridized carbons (Fsp3) is 0.400. The lowest BCUT2D eigenvalue weighted by atomic mass is 10.2. The maximum Gasteiger partial charge on any atom is 0.246 e. The van der Waals surface area contributed by atoms with Gasteiger partial charge in [0.2, 0.25) is 17.6 Å². The Kier molecular flexibility index (Phi) is 5.31. The van der Waals surface area contributed by atoms with Crippen LogP contribution in [-0.2, 0) is 11.3 Å². The largest absolute Gasteiger partial charge is 0.497 e. The second-order valence-corrected chi connectivity index (χ2v) is 4.62. The highest BCUT2D eigenvalue weighted by atomic mass is 16.5. The van der Waals surface area contributed by atoms with Crippen molar-refractivity contribution in [3.8, 4) is 17.1 Å². The van der Waals surface area contributed by atoms with E-state index in [-0.39, 0.29) is 12.5 Å². The van der Waals surface area contributed by atoms with Crippen LogP contribution in [-0.4, -0.2) is 23.2 Å². The van der Waals surface area contributed by atoms with Gasteiger partial charge < -0.3 is 14.6 Å². The molecule has 1 aromatic heterocycles. The van der Waals surface area contributed by atoms with E-state index in [1.807, 2.05) is 31.2 Å². The number of amides is 1. The predicted octanol–water partition coefficient (Wildman–Crippen LogP) is 2.55. The van der Waals surface area contributed by atoms with Crippen LogP contribution in [0.15, 0.2) is 28.8 Å². The van der Waals surface area contributed by atoms with E-state index in [4.69, 9.17) is 9.26 Å². The molecule has 6 heteroatoms. The van der Waals surface area contributed by atoms with Gasteiger partial charge in [-0.15, -0.1) is 0 Å². The van der Waals surface area contributed by atoms with Crippen molar-refractivity contribution in [2.24, 2.45) is 0 Å². The van der Waals surface area contributed by atoms with Crippen LogP contribution in [0.2, 0.25) is 0 Å². The molecule has 0 radical (unpaired) electrons. The van der Waals surface area contributed by atoms with Gasteiger partial charge in [-0.25, -0.2) is 0 Å². The quantitative estimate of drug-likeness (QED) is 0.847. The molecule has 0 aliphatic heterocycles. The van der Waals surface area contributed by atoms with Crippen molar-refractivity contribution in [2.75, 3.05) is 7.11 Å². The molecule has 1 aromatic carbocycles. The number of hydrogen-bond donors (Lipinski definition) is 1. The minimum atomic E-state index is -0.00187. The zero-order chi connectivity index (χ0) is 15.1. The third kappa shape index (κ3) is 4.30. The molecule has 112 valence electrons. The standard InChI is InChI=1S/C15H19N3O3/c1-3-4-8-13(19)16-10-14-17-15(18-21-14)11-6-5-7-12(9-11)20-2/h5-7,9H,3-4,8,10H2,1-2H3,(H,16,19). The number of methoxy groups -OCH3 is 1. The highest BCUT2D eigenvalue weighted by Gasteiger charge is 2.10. The first-order valence-electron chi connectivity index (χ1n) is 6.96. The van der Waals surface area contributed by atoms with Crippen LogP contribution in [0.5, 0.6) is 5.75 Å². The molecule has 0 bridgehead atoms. The molecule has 2 rings (SSSR count). The molecule has 0 spiro atoms. The van der Waals surface area contributed by atoms with Gasteiger partial charge in [-0.1, -0.05) is 30.6 Å². The van der Waals surface area contributed by atoms with E-state index in [0.717, 1.165) is 24.2 Å². The Morgan fingerprint density at radius 3 is 3.05 bits per heavy atom. The third-order valence-electron chi connectivity index (χ3n) is 2.99. The summed E-state index contributed by atoms with van der Waals surface area (Å²) in [5.41, 5.74) is 0.807. The number of nitrogens with one attached hydrogen (secondary N) is 1. The first kappa shape index (κ1) is 15.0. The summed E-state index contributed by atoms with van der Waals surface area (Å²) in [6.45, 7) is 2.30. The SMILES string of the molecule is CCCCC(=O)NCc1nc(-c2cccc(OC)c2)no1. The van der Waals surface area contributed by atoms with E-state index in [2.05, 4.69) is 15.5 Å². The molecule has 1 heterocycles.